The van der Waals surface area contributed by atoms with Gasteiger partial charge >= 0.3 is 5.97 Å². The zero-order chi connectivity index (χ0) is 15.2. The van der Waals surface area contributed by atoms with Crippen molar-refractivity contribution < 1.29 is 14.6 Å². The number of rotatable bonds is 6. The molecule has 0 spiro atoms. The summed E-state index contributed by atoms with van der Waals surface area (Å²) >= 11 is 3.35. The van der Waals surface area contributed by atoms with Crippen molar-refractivity contribution in [2.45, 2.75) is 13.0 Å². The molecular weight excluding hydrogens is 334 g/mol. The van der Waals surface area contributed by atoms with Crippen LogP contribution in [0.25, 0.3) is 0 Å². The molecule has 0 aliphatic heterocycles. The summed E-state index contributed by atoms with van der Waals surface area (Å²) in [5, 5.41) is 12.5. The Morgan fingerprint density at radius 3 is 2.62 bits per heavy atom. The molecule has 110 valence electrons. The van der Waals surface area contributed by atoms with E-state index in [4.69, 9.17) is 4.74 Å². The fourth-order valence-electron chi connectivity index (χ4n) is 1.95. The fraction of sp³-hybridized carbons (Fsp3) is 0.188. The first kappa shape index (κ1) is 15.4. The number of carboxylic acid groups (broad SMARTS) is 1. The zero-order valence-corrected chi connectivity index (χ0v) is 13.1. The van der Waals surface area contributed by atoms with Gasteiger partial charge in [0.1, 0.15) is 5.75 Å². The predicted octanol–water partition coefficient (Wildman–Crippen LogP) is 4.09. The standard InChI is InChI=1S/C16H16BrNO3/c1-2-21-14-5-3-4-11(10-14)15(16(19)20)18-13-8-6-12(17)7-9-13/h3-10,15,18H,2H2,1H3,(H,19,20). The van der Waals surface area contributed by atoms with Crippen molar-refractivity contribution in [2.75, 3.05) is 11.9 Å². The third-order valence-electron chi connectivity index (χ3n) is 2.90. The lowest BCUT2D eigenvalue weighted by molar-refractivity contribution is -0.138. The number of ether oxygens (including phenoxy) is 1. The lowest BCUT2D eigenvalue weighted by Crippen LogP contribution is -2.20. The van der Waals surface area contributed by atoms with Crippen LogP contribution in [0.1, 0.15) is 18.5 Å². The molecule has 2 aromatic rings. The highest BCUT2D eigenvalue weighted by molar-refractivity contribution is 9.10. The van der Waals surface area contributed by atoms with Gasteiger partial charge in [0, 0.05) is 10.2 Å². The number of halogens is 1. The molecule has 4 nitrogen and oxygen atoms in total. The van der Waals surface area contributed by atoms with Gasteiger partial charge in [0.05, 0.1) is 6.61 Å². The third kappa shape index (κ3) is 4.23. The van der Waals surface area contributed by atoms with E-state index in [1.54, 1.807) is 18.2 Å². The van der Waals surface area contributed by atoms with Crippen molar-refractivity contribution in [3.05, 3.63) is 58.6 Å². The van der Waals surface area contributed by atoms with Gasteiger partial charge in [-0.3, -0.25) is 0 Å². The molecule has 0 radical (unpaired) electrons. The maximum Gasteiger partial charge on any atom is 0.330 e. The molecule has 0 bridgehead atoms. The van der Waals surface area contributed by atoms with Gasteiger partial charge in [-0.15, -0.1) is 0 Å². The SMILES string of the molecule is CCOc1cccc(C(Nc2ccc(Br)cc2)C(=O)O)c1. The molecule has 2 aromatic carbocycles. The van der Waals surface area contributed by atoms with Crippen molar-refractivity contribution >= 4 is 27.6 Å². The van der Waals surface area contributed by atoms with Crippen LogP contribution in [-0.2, 0) is 4.79 Å². The predicted molar refractivity (Wildman–Crippen MR) is 85.8 cm³/mol. The number of carboxylic acids is 1. The Bertz CT molecular complexity index is 613. The highest BCUT2D eigenvalue weighted by Crippen LogP contribution is 2.24. The van der Waals surface area contributed by atoms with E-state index in [9.17, 15) is 9.90 Å². The highest BCUT2D eigenvalue weighted by Gasteiger charge is 2.20. The zero-order valence-electron chi connectivity index (χ0n) is 11.5. The van der Waals surface area contributed by atoms with Crippen LogP contribution in [0.15, 0.2) is 53.0 Å². The van der Waals surface area contributed by atoms with Gasteiger partial charge in [-0.25, -0.2) is 4.79 Å². The maximum absolute atomic E-state index is 11.5. The molecule has 0 saturated heterocycles. The molecule has 0 amide bonds. The molecular formula is C16H16BrNO3. The fourth-order valence-corrected chi connectivity index (χ4v) is 2.22. The van der Waals surface area contributed by atoms with E-state index in [-0.39, 0.29) is 0 Å². The van der Waals surface area contributed by atoms with E-state index in [1.807, 2.05) is 37.3 Å². The summed E-state index contributed by atoms with van der Waals surface area (Å²) in [5.41, 5.74) is 1.39. The molecule has 0 saturated carbocycles. The van der Waals surface area contributed by atoms with Gasteiger partial charge in [0.25, 0.3) is 0 Å². The lowest BCUT2D eigenvalue weighted by atomic mass is 10.1. The number of hydrogen-bond donors (Lipinski definition) is 2. The summed E-state index contributed by atoms with van der Waals surface area (Å²) < 4.78 is 6.36. The molecule has 1 unspecified atom stereocenters. The Kier molecular flexibility index (Phi) is 5.22. The van der Waals surface area contributed by atoms with Crippen LogP contribution < -0.4 is 10.1 Å². The van der Waals surface area contributed by atoms with Crippen LogP contribution in [0, 0.1) is 0 Å². The van der Waals surface area contributed by atoms with Gasteiger partial charge < -0.3 is 15.2 Å². The van der Waals surface area contributed by atoms with Crippen molar-refractivity contribution in [1.82, 2.24) is 0 Å². The Morgan fingerprint density at radius 2 is 2.00 bits per heavy atom. The Balaban J connectivity index is 2.24. The molecule has 21 heavy (non-hydrogen) atoms. The Morgan fingerprint density at radius 1 is 1.29 bits per heavy atom. The third-order valence-corrected chi connectivity index (χ3v) is 3.43. The molecule has 1 atom stereocenters. The second kappa shape index (κ2) is 7.13. The maximum atomic E-state index is 11.5. The molecule has 2 N–H and O–H groups in total. The van der Waals surface area contributed by atoms with Crippen LogP contribution in [0.4, 0.5) is 5.69 Å². The van der Waals surface area contributed by atoms with Crippen molar-refractivity contribution in [2.24, 2.45) is 0 Å². The number of aliphatic carboxylic acids is 1. The molecule has 0 fully saturated rings. The summed E-state index contributed by atoms with van der Waals surface area (Å²) in [6.07, 6.45) is 0. The van der Waals surface area contributed by atoms with Gasteiger partial charge in [-0.1, -0.05) is 28.1 Å². The molecule has 0 aliphatic carbocycles. The van der Waals surface area contributed by atoms with Crippen LogP contribution >= 0.6 is 15.9 Å². The molecule has 2 rings (SSSR count). The monoisotopic (exact) mass is 349 g/mol. The summed E-state index contributed by atoms with van der Waals surface area (Å²) in [6.45, 7) is 2.43. The van der Waals surface area contributed by atoms with Gasteiger partial charge in [0.15, 0.2) is 6.04 Å². The largest absolute Gasteiger partial charge is 0.494 e. The van der Waals surface area contributed by atoms with E-state index in [2.05, 4.69) is 21.2 Å². The van der Waals surface area contributed by atoms with Crippen LogP contribution in [0.3, 0.4) is 0 Å². The van der Waals surface area contributed by atoms with Crippen LogP contribution in [0.5, 0.6) is 5.75 Å². The number of hydrogen-bond acceptors (Lipinski definition) is 3. The topological polar surface area (TPSA) is 58.6 Å². The quantitative estimate of drug-likeness (QED) is 0.824. The first-order valence-electron chi connectivity index (χ1n) is 6.58. The molecule has 0 aliphatic rings. The van der Waals surface area contributed by atoms with Gasteiger partial charge in [-0.2, -0.15) is 0 Å². The van der Waals surface area contributed by atoms with Crippen LogP contribution in [-0.4, -0.2) is 17.7 Å². The summed E-state index contributed by atoms with van der Waals surface area (Å²) in [5.74, 6) is -0.273. The summed E-state index contributed by atoms with van der Waals surface area (Å²) in [7, 11) is 0. The lowest BCUT2D eigenvalue weighted by Gasteiger charge is -2.17. The van der Waals surface area contributed by atoms with Crippen molar-refractivity contribution in [3.63, 3.8) is 0 Å². The van der Waals surface area contributed by atoms with E-state index in [1.165, 1.54) is 0 Å². The molecule has 0 aromatic heterocycles. The van der Waals surface area contributed by atoms with Crippen LogP contribution in [0.2, 0.25) is 0 Å². The van der Waals surface area contributed by atoms with Crippen molar-refractivity contribution in [1.29, 1.82) is 0 Å². The number of nitrogens with one attached hydrogen (secondary N) is 1. The van der Waals surface area contributed by atoms with E-state index in [0.717, 1.165) is 10.2 Å². The van der Waals surface area contributed by atoms with Gasteiger partial charge in [-0.05, 0) is 48.9 Å². The first-order chi connectivity index (χ1) is 10.1. The van der Waals surface area contributed by atoms with Crippen molar-refractivity contribution in [3.8, 4) is 5.75 Å². The second-order valence-electron chi connectivity index (χ2n) is 4.43. The minimum Gasteiger partial charge on any atom is -0.494 e. The minimum atomic E-state index is -0.938. The summed E-state index contributed by atoms with van der Waals surface area (Å²) in [6, 6.07) is 13.7. The smallest absolute Gasteiger partial charge is 0.330 e. The second-order valence-corrected chi connectivity index (χ2v) is 5.34. The normalized spacial score (nSPS) is 11.7. The summed E-state index contributed by atoms with van der Waals surface area (Å²) in [4.78, 5) is 11.5. The Hall–Kier alpha value is -2.01. The van der Waals surface area contributed by atoms with Gasteiger partial charge in [0.2, 0.25) is 0 Å². The minimum absolute atomic E-state index is 0.543. The average Bonchev–Trinajstić information content (AvgIpc) is 2.47. The average molecular weight is 350 g/mol. The number of anilines is 1. The molecule has 5 heteroatoms. The number of carbonyl (C=O) groups is 1. The first-order valence-corrected chi connectivity index (χ1v) is 7.37. The highest BCUT2D eigenvalue weighted by atomic mass is 79.9. The Labute approximate surface area is 131 Å². The number of benzene rings is 2. The molecule has 0 heterocycles. The van der Waals surface area contributed by atoms with E-state index in [0.29, 0.717) is 17.9 Å². The van der Waals surface area contributed by atoms with E-state index < -0.39 is 12.0 Å². The van der Waals surface area contributed by atoms with E-state index >= 15 is 0 Å².